The number of carboxylic acids is 1. The highest BCUT2D eigenvalue weighted by atomic mass is 16.4. The topological polar surface area (TPSA) is 90.0 Å². The zero-order valence-electron chi connectivity index (χ0n) is 10.5. The van der Waals surface area contributed by atoms with Crippen molar-refractivity contribution in [3.8, 4) is 0 Å². The van der Waals surface area contributed by atoms with Crippen LogP contribution in [0.3, 0.4) is 0 Å². The van der Waals surface area contributed by atoms with Gasteiger partial charge in [0.05, 0.1) is 6.54 Å². The van der Waals surface area contributed by atoms with E-state index in [0.717, 1.165) is 6.42 Å². The lowest BCUT2D eigenvalue weighted by atomic mass is 10.3. The highest BCUT2D eigenvalue weighted by Gasteiger charge is 2.12. The molecule has 7 nitrogen and oxygen atoms in total. The summed E-state index contributed by atoms with van der Waals surface area (Å²) in [6.07, 6.45) is 3.87. The minimum atomic E-state index is -1.23. The van der Waals surface area contributed by atoms with Gasteiger partial charge >= 0.3 is 5.97 Å². The number of hydrogen-bond donors (Lipinski definition) is 1. The fourth-order valence-electron chi connectivity index (χ4n) is 1.79. The Morgan fingerprint density at radius 1 is 1.47 bits per heavy atom. The summed E-state index contributed by atoms with van der Waals surface area (Å²) in [5.74, 6) is -0.596. The van der Waals surface area contributed by atoms with Crippen molar-refractivity contribution in [3.63, 3.8) is 0 Å². The molecule has 0 fully saturated rings. The molecule has 2 heterocycles. The van der Waals surface area contributed by atoms with Gasteiger partial charge in [-0.3, -0.25) is 4.79 Å². The molecule has 1 N–H and O–H groups in total. The molecular weight excluding hydrogens is 248 g/mol. The predicted octanol–water partition coefficient (Wildman–Crippen LogP) is 0.596. The molecule has 19 heavy (non-hydrogen) atoms. The highest BCUT2D eigenvalue weighted by molar-refractivity contribution is 5.86. The van der Waals surface area contributed by atoms with Crippen molar-refractivity contribution in [2.24, 2.45) is 0 Å². The monoisotopic (exact) mass is 262 g/mol. The summed E-state index contributed by atoms with van der Waals surface area (Å²) in [5.41, 5.74) is -0.787. The van der Waals surface area contributed by atoms with Crippen LogP contribution in [0.15, 0.2) is 29.5 Å². The first-order valence-electron chi connectivity index (χ1n) is 5.93. The van der Waals surface area contributed by atoms with Gasteiger partial charge in [0, 0.05) is 12.7 Å². The molecule has 100 valence electrons. The molecule has 0 aliphatic carbocycles. The van der Waals surface area contributed by atoms with E-state index in [1.807, 2.05) is 6.92 Å². The summed E-state index contributed by atoms with van der Waals surface area (Å²) in [4.78, 5) is 26.9. The summed E-state index contributed by atoms with van der Waals surface area (Å²) in [5, 5.41) is 13.0. The number of aromatic carboxylic acids is 1. The van der Waals surface area contributed by atoms with Crippen LogP contribution in [0.5, 0.6) is 0 Å². The molecule has 0 aliphatic heterocycles. The van der Waals surface area contributed by atoms with Gasteiger partial charge in [-0.15, -0.1) is 0 Å². The lowest BCUT2D eigenvalue weighted by Crippen LogP contribution is -2.27. The standard InChI is InChI=1S/C12H14N4O3/c1-2-5-16-10(13-8-14-16)7-15-6-3-4-9(11(15)17)12(18)19/h3-4,6,8H,2,5,7H2,1H3,(H,18,19). The maximum Gasteiger partial charge on any atom is 0.341 e. The Morgan fingerprint density at radius 3 is 2.95 bits per heavy atom. The minimum Gasteiger partial charge on any atom is -0.477 e. The van der Waals surface area contributed by atoms with Crippen molar-refractivity contribution in [3.05, 3.63) is 46.4 Å². The lowest BCUT2D eigenvalue weighted by molar-refractivity contribution is 0.0694. The Morgan fingerprint density at radius 2 is 2.26 bits per heavy atom. The first kappa shape index (κ1) is 13.0. The Labute approximate surface area is 109 Å². The van der Waals surface area contributed by atoms with Gasteiger partial charge in [0.1, 0.15) is 17.7 Å². The number of aromatic nitrogens is 4. The fraction of sp³-hybridized carbons (Fsp3) is 0.333. The molecule has 7 heteroatoms. The van der Waals surface area contributed by atoms with Crippen LogP contribution in [0.4, 0.5) is 0 Å². The third kappa shape index (κ3) is 2.70. The highest BCUT2D eigenvalue weighted by Crippen LogP contribution is 2.00. The summed E-state index contributed by atoms with van der Waals surface area (Å²) >= 11 is 0. The maximum absolute atomic E-state index is 11.9. The van der Waals surface area contributed by atoms with Crippen LogP contribution < -0.4 is 5.56 Å². The molecule has 0 spiro atoms. The quantitative estimate of drug-likeness (QED) is 0.852. The van der Waals surface area contributed by atoms with Crippen molar-refractivity contribution in [1.82, 2.24) is 19.3 Å². The summed E-state index contributed by atoms with van der Waals surface area (Å²) in [6.45, 7) is 2.94. The lowest BCUT2D eigenvalue weighted by Gasteiger charge is -2.07. The predicted molar refractivity (Wildman–Crippen MR) is 67.1 cm³/mol. The SMILES string of the molecule is CCCn1ncnc1Cn1cccc(C(=O)O)c1=O. The van der Waals surface area contributed by atoms with Crippen LogP contribution in [0.1, 0.15) is 29.5 Å². The van der Waals surface area contributed by atoms with Gasteiger partial charge in [-0.25, -0.2) is 14.5 Å². The van der Waals surface area contributed by atoms with Crippen molar-refractivity contribution in [2.45, 2.75) is 26.4 Å². The number of pyridine rings is 1. The molecule has 2 aromatic rings. The van der Waals surface area contributed by atoms with Gasteiger partial charge < -0.3 is 9.67 Å². The third-order valence-corrected chi connectivity index (χ3v) is 2.69. The van der Waals surface area contributed by atoms with Crippen molar-refractivity contribution >= 4 is 5.97 Å². The van der Waals surface area contributed by atoms with Gasteiger partial charge in [0.2, 0.25) is 0 Å². The summed E-state index contributed by atoms with van der Waals surface area (Å²) in [6, 6.07) is 2.82. The molecule has 2 aromatic heterocycles. The Balaban J connectivity index is 2.33. The normalized spacial score (nSPS) is 10.6. The van der Waals surface area contributed by atoms with Crippen molar-refractivity contribution in [2.75, 3.05) is 0 Å². The Kier molecular flexibility index (Phi) is 3.74. The second-order valence-electron chi connectivity index (χ2n) is 4.06. The summed E-state index contributed by atoms with van der Waals surface area (Å²) < 4.78 is 3.03. The van der Waals surface area contributed by atoms with Crippen LogP contribution in [-0.4, -0.2) is 30.4 Å². The number of nitrogens with zero attached hydrogens (tertiary/aromatic N) is 4. The van der Waals surface area contributed by atoms with Crippen molar-refractivity contribution < 1.29 is 9.90 Å². The van der Waals surface area contributed by atoms with Crippen molar-refractivity contribution in [1.29, 1.82) is 0 Å². The Bertz CT molecular complexity index is 644. The van der Waals surface area contributed by atoms with Crippen LogP contribution in [0.2, 0.25) is 0 Å². The van der Waals surface area contributed by atoms with E-state index in [1.165, 1.54) is 23.0 Å². The molecule has 0 radical (unpaired) electrons. The fourth-order valence-corrected chi connectivity index (χ4v) is 1.79. The maximum atomic E-state index is 11.9. The van der Waals surface area contributed by atoms with Crippen LogP contribution in [0.25, 0.3) is 0 Å². The van der Waals surface area contributed by atoms with Gasteiger partial charge in [0.25, 0.3) is 5.56 Å². The number of rotatable bonds is 5. The van der Waals surface area contributed by atoms with E-state index in [2.05, 4.69) is 10.1 Å². The molecule has 0 aromatic carbocycles. The average Bonchev–Trinajstić information content (AvgIpc) is 2.79. The minimum absolute atomic E-state index is 0.208. The number of carboxylic acid groups (broad SMARTS) is 1. The first-order valence-corrected chi connectivity index (χ1v) is 5.93. The average molecular weight is 262 g/mol. The second-order valence-corrected chi connectivity index (χ2v) is 4.06. The van der Waals surface area contributed by atoms with Crippen LogP contribution in [-0.2, 0) is 13.1 Å². The van der Waals surface area contributed by atoms with E-state index >= 15 is 0 Å². The summed E-state index contributed by atoms with van der Waals surface area (Å²) in [7, 11) is 0. The van der Waals surface area contributed by atoms with Gasteiger partial charge in [-0.1, -0.05) is 6.92 Å². The van der Waals surface area contributed by atoms with Crippen LogP contribution >= 0.6 is 0 Å². The molecule has 0 atom stereocenters. The van der Waals surface area contributed by atoms with E-state index in [9.17, 15) is 9.59 Å². The number of hydrogen-bond acceptors (Lipinski definition) is 4. The van der Waals surface area contributed by atoms with Gasteiger partial charge in [-0.05, 0) is 18.6 Å². The van der Waals surface area contributed by atoms with Gasteiger partial charge in [-0.2, -0.15) is 5.10 Å². The number of aryl methyl sites for hydroxylation is 1. The smallest absolute Gasteiger partial charge is 0.341 e. The first-order chi connectivity index (χ1) is 9.13. The third-order valence-electron chi connectivity index (χ3n) is 2.69. The molecule has 0 unspecified atom stereocenters. The number of carbonyl (C=O) groups is 1. The largest absolute Gasteiger partial charge is 0.477 e. The molecule has 0 bridgehead atoms. The van der Waals surface area contributed by atoms with E-state index in [4.69, 9.17) is 5.11 Å². The van der Waals surface area contributed by atoms with E-state index in [0.29, 0.717) is 12.4 Å². The van der Waals surface area contributed by atoms with E-state index in [-0.39, 0.29) is 12.1 Å². The van der Waals surface area contributed by atoms with E-state index < -0.39 is 11.5 Å². The Hall–Kier alpha value is -2.44. The second kappa shape index (κ2) is 5.47. The molecule has 0 saturated heterocycles. The molecular formula is C12H14N4O3. The molecule has 0 amide bonds. The van der Waals surface area contributed by atoms with Crippen LogP contribution in [0, 0.1) is 0 Å². The molecule has 0 aliphatic rings. The zero-order valence-corrected chi connectivity index (χ0v) is 10.5. The van der Waals surface area contributed by atoms with Gasteiger partial charge in [0.15, 0.2) is 0 Å². The molecule has 0 saturated carbocycles. The zero-order chi connectivity index (χ0) is 13.8. The van der Waals surface area contributed by atoms with E-state index in [1.54, 1.807) is 10.9 Å². The molecule has 2 rings (SSSR count).